The summed E-state index contributed by atoms with van der Waals surface area (Å²) in [5, 5.41) is 15.1. The van der Waals surface area contributed by atoms with Crippen molar-refractivity contribution in [2.75, 3.05) is 11.5 Å². The highest BCUT2D eigenvalue weighted by atomic mass is 32.2. The molecular formula is C13H22N2O3S. The van der Waals surface area contributed by atoms with Gasteiger partial charge in [0, 0.05) is 11.8 Å². The van der Waals surface area contributed by atoms with Gasteiger partial charge in [-0.1, -0.05) is 19.8 Å². The number of carbonyl (C=O) groups excluding carboxylic acids is 1. The fourth-order valence-electron chi connectivity index (χ4n) is 3.00. The number of carboxylic acid groups (broad SMARTS) is 1. The van der Waals surface area contributed by atoms with Crippen LogP contribution in [0, 0.1) is 5.92 Å². The van der Waals surface area contributed by atoms with Gasteiger partial charge >= 0.3 is 12.0 Å². The largest absolute Gasteiger partial charge is 0.480 e. The van der Waals surface area contributed by atoms with Gasteiger partial charge in [-0.15, -0.1) is 0 Å². The Morgan fingerprint density at radius 3 is 2.74 bits per heavy atom. The molecule has 1 saturated carbocycles. The lowest BCUT2D eigenvalue weighted by Crippen LogP contribution is -2.60. The molecule has 3 unspecified atom stereocenters. The first kappa shape index (κ1) is 14.5. The van der Waals surface area contributed by atoms with Crippen molar-refractivity contribution in [2.24, 2.45) is 5.92 Å². The molecule has 2 fully saturated rings. The molecule has 1 aliphatic heterocycles. The highest BCUT2D eigenvalue weighted by molar-refractivity contribution is 7.99. The van der Waals surface area contributed by atoms with E-state index in [0.29, 0.717) is 18.8 Å². The van der Waals surface area contributed by atoms with Crippen LogP contribution in [0.5, 0.6) is 0 Å². The highest BCUT2D eigenvalue weighted by Crippen LogP contribution is 2.32. The van der Waals surface area contributed by atoms with Gasteiger partial charge < -0.3 is 15.7 Å². The fourth-order valence-corrected chi connectivity index (χ4v) is 4.15. The SMILES string of the molecule is CC1CCCC(NC(=O)NC2CCSC2)(C(=O)O)C1. The lowest BCUT2D eigenvalue weighted by Gasteiger charge is -2.37. The summed E-state index contributed by atoms with van der Waals surface area (Å²) in [6.45, 7) is 2.05. The number of urea groups is 1. The average molecular weight is 286 g/mol. The first-order chi connectivity index (χ1) is 9.02. The van der Waals surface area contributed by atoms with Gasteiger partial charge in [0.25, 0.3) is 0 Å². The van der Waals surface area contributed by atoms with E-state index < -0.39 is 11.5 Å². The molecule has 0 bridgehead atoms. The first-order valence-corrected chi connectivity index (χ1v) is 8.07. The van der Waals surface area contributed by atoms with E-state index in [1.807, 2.05) is 18.7 Å². The van der Waals surface area contributed by atoms with Crippen LogP contribution >= 0.6 is 11.8 Å². The second-order valence-electron chi connectivity index (χ2n) is 5.75. The van der Waals surface area contributed by atoms with Crippen molar-refractivity contribution < 1.29 is 14.7 Å². The maximum atomic E-state index is 12.0. The molecule has 2 rings (SSSR count). The second kappa shape index (κ2) is 6.03. The molecule has 3 N–H and O–H groups in total. The van der Waals surface area contributed by atoms with Crippen molar-refractivity contribution in [3.63, 3.8) is 0 Å². The van der Waals surface area contributed by atoms with E-state index in [4.69, 9.17) is 0 Å². The first-order valence-electron chi connectivity index (χ1n) is 6.92. The molecule has 0 aromatic heterocycles. The number of aliphatic carboxylic acids is 1. The lowest BCUT2D eigenvalue weighted by molar-refractivity contribution is -0.146. The summed E-state index contributed by atoms with van der Waals surface area (Å²) in [6.07, 6.45) is 3.91. The van der Waals surface area contributed by atoms with Crippen LogP contribution in [0.2, 0.25) is 0 Å². The Morgan fingerprint density at radius 2 is 2.16 bits per heavy atom. The number of carboxylic acids is 1. The summed E-state index contributed by atoms with van der Waals surface area (Å²) >= 11 is 1.82. The summed E-state index contributed by atoms with van der Waals surface area (Å²) in [5.74, 6) is 1.41. The van der Waals surface area contributed by atoms with Gasteiger partial charge in [0.1, 0.15) is 5.54 Å². The minimum absolute atomic E-state index is 0.178. The topological polar surface area (TPSA) is 78.4 Å². The van der Waals surface area contributed by atoms with Crippen LogP contribution in [-0.4, -0.2) is 40.2 Å². The average Bonchev–Trinajstić information content (AvgIpc) is 2.81. The zero-order valence-corrected chi connectivity index (χ0v) is 12.1. The second-order valence-corrected chi connectivity index (χ2v) is 6.90. The quantitative estimate of drug-likeness (QED) is 0.739. The number of hydrogen-bond donors (Lipinski definition) is 3. The van der Waals surface area contributed by atoms with Gasteiger partial charge in [0.05, 0.1) is 0 Å². The molecule has 2 amide bonds. The smallest absolute Gasteiger partial charge is 0.329 e. The van der Waals surface area contributed by atoms with Gasteiger partial charge in [-0.05, 0) is 30.9 Å². The molecule has 1 aliphatic carbocycles. The molecule has 19 heavy (non-hydrogen) atoms. The van der Waals surface area contributed by atoms with Gasteiger partial charge in [-0.25, -0.2) is 9.59 Å². The van der Waals surface area contributed by atoms with E-state index in [0.717, 1.165) is 30.8 Å². The predicted octanol–water partition coefficient (Wildman–Crippen LogP) is 1.82. The number of rotatable bonds is 3. The van der Waals surface area contributed by atoms with Crippen LogP contribution in [0.3, 0.4) is 0 Å². The molecule has 108 valence electrons. The van der Waals surface area contributed by atoms with Gasteiger partial charge in [0.2, 0.25) is 0 Å². The Labute approximate surface area is 117 Å². The van der Waals surface area contributed by atoms with Crippen LogP contribution in [0.25, 0.3) is 0 Å². The molecule has 0 aromatic rings. The van der Waals surface area contributed by atoms with Crippen molar-refractivity contribution in [3.05, 3.63) is 0 Å². The summed E-state index contributed by atoms with van der Waals surface area (Å²) in [4.78, 5) is 23.5. The molecule has 1 saturated heterocycles. The minimum Gasteiger partial charge on any atom is -0.480 e. The Hall–Kier alpha value is -0.910. The monoisotopic (exact) mass is 286 g/mol. The van der Waals surface area contributed by atoms with Crippen LogP contribution in [0.4, 0.5) is 4.79 Å². The van der Waals surface area contributed by atoms with Gasteiger partial charge in [0.15, 0.2) is 0 Å². The number of thioether (sulfide) groups is 1. The van der Waals surface area contributed by atoms with Crippen molar-refractivity contribution in [2.45, 2.75) is 50.6 Å². The van der Waals surface area contributed by atoms with Crippen LogP contribution in [0.1, 0.15) is 39.0 Å². The predicted molar refractivity (Wildman–Crippen MR) is 75.4 cm³/mol. The molecule has 6 heteroatoms. The number of nitrogens with one attached hydrogen (secondary N) is 2. The van der Waals surface area contributed by atoms with Crippen molar-refractivity contribution in [1.82, 2.24) is 10.6 Å². The number of carbonyl (C=O) groups is 2. The normalized spacial score (nSPS) is 34.8. The number of amides is 2. The van der Waals surface area contributed by atoms with E-state index in [1.165, 1.54) is 0 Å². The van der Waals surface area contributed by atoms with Gasteiger partial charge in [-0.2, -0.15) is 11.8 Å². The standard InChI is InChI=1S/C13H22N2O3S/c1-9-3-2-5-13(7-9,11(16)17)15-12(18)14-10-4-6-19-8-10/h9-10H,2-8H2,1H3,(H,16,17)(H2,14,15,18). The summed E-state index contributed by atoms with van der Waals surface area (Å²) < 4.78 is 0. The maximum absolute atomic E-state index is 12.0. The summed E-state index contributed by atoms with van der Waals surface area (Å²) in [6, 6.07) is -0.152. The van der Waals surface area contributed by atoms with E-state index in [-0.39, 0.29) is 12.1 Å². The Balaban J connectivity index is 1.95. The van der Waals surface area contributed by atoms with E-state index in [1.54, 1.807) is 0 Å². The highest BCUT2D eigenvalue weighted by Gasteiger charge is 2.43. The summed E-state index contributed by atoms with van der Waals surface area (Å²) in [7, 11) is 0. The van der Waals surface area contributed by atoms with Crippen LogP contribution < -0.4 is 10.6 Å². The minimum atomic E-state index is -1.08. The van der Waals surface area contributed by atoms with E-state index in [2.05, 4.69) is 10.6 Å². The third-order valence-electron chi connectivity index (χ3n) is 4.02. The van der Waals surface area contributed by atoms with E-state index in [9.17, 15) is 14.7 Å². The Kier molecular flexibility index (Phi) is 4.60. The molecule has 3 atom stereocenters. The molecule has 2 aliphatic rings. The van der Waals surface area contributed by atoms with Crippen molar-refractivity contribution in [3.8, 4) is 0 Å². The zero-order valence-electron chi connectivity index (χ0n) is 11.3. The molecular weight excluding hydrogens is 264 g/mol. The third-order valence-corrected chi connectivity index (χ3v) is 5.19. The molecule has 1 heterocycles. The van der Waals surface area contributed by atoms with Crippen LogP contribution in [0.15, 0.2) is 0 Å². The molecule has 0 radical (unpaired) electrons. The Morgan fingerprint density at radius 1 is 1.37 bits per heavy atom. The van der Waals surface area contributed by atoms with Crippen molar-refractivity contribution >= 4 is 23.8 Å². The molecule has 0 aromatic carbocycles. The van der Waals surface area contributed by atoms with Crippen LogP contribution in [-0.2, 0) is 4.79 Å². The molecule has 0 spiro atoms. The maximum Gasteiger partial charge on any atom is 0.329 e. The van der Waals surface area contributed by atoms with Gasteiger partial charge in [-0.3, -0.25) is 0 Å². The third kappa shape index (κ3) is 3.55. The number of hydrogen-bond acceptors (Lipinski definition) is 3. The lowest BCUT2D eigenvalue weighted by atomic mass is 9.76. The van der Waals surface area contributed by atoms with E-state index >= 15 is 0 Å². The Bertz CT molecular complexity index is 358. The molecule has 5 nitrogen and oxygen atoms in total. The zero-order chi connectivity index (χ0) is 13.9. The fraction of sp³-hybridized carbons (Fsp3) is 0.846. The van der Waals surface area contributed by atoms with Crippen molar-refractivity contribution in [1.29, 1.82) is 0 Å². The summed E-state index contributed by atoms with van der Waals surface area (Å²) in [5.41, 5.74) is -1.08.